The third-order valence-corrected chi connectivity index (χ3v) is 5.78. The molecule has 10 nitrogen and oxygen atoms in total. The maximum atomic E-state index is 12.3. The molecule has 29 heavy (non-hydrogen) atoms. The molecule has 11 heteroatoms. The van der Waals surface area contributed by atoms with E-state index in [0.29, 0.717) is 25.7 Å². The number of sulfonamides is 1. The summed E-state index contributed by atoms with van der Waals surface area (Å²) < 4.78 is 32.7. The van der Waals surface area contributed by atoms with E-state index in [9.17, 15) is 18.5 Å². The molecule has 1 aromatic rings. The number of hydrogen-bond acceptors (Lipinski definition) is 6. The summed E-state index contributed by atoms with van der Waals surface area (Å²) in [6.07, 6.45) is 2.51. The lowest BCUT2D eigenvalue weighted by molar-refractivity contribution is -0.385. The Balaban J connectivity index is 1.84. The van der Waals surface area contributed by atoms with Gasteiger partial charge in [-0.1, -0.05) is 6.07 Å². The van der Waals surface area contributed by atoms with Crippen LogP contribution in [0.1, 0.15) is 19.8 Å². The normalized spacial score (nSPS) is 14.6. The van der Waals surface area contributed by atoms with Crippen LogP contribution in [0.3, 0.4) is 0 Å². The number of aliphatic imine (C=N–C) groups is 1. The number of ether oxygens (including phenoxy) is 1. The Labute approximate surface area is 171 Å². The molecule has 1 aliphatic carbocycles. The number of nitrogens with zero attached hydrogens (tertiary/aromatic N) is 3. The summed E-state index contributed by atoms with van der Waals surface area (Å²) in [6.45, 7) is 5.04. The minimum atomic E-state index is -3.84. The molecule has 0 heterocycles. The monoisotopic (exact) mass is 427 g/mol. The number of benzene rings is 1. The molecule has 2 rings (SSSR count). The van der Waals surface area contributed by atoms with Crippen molar-refractivity contribution in [1.82, 2.24) is 14.9 Å². The van der Waals surface area contributed by atoms with Gasteiger partial charge in [0.25, 0.3) is 5.69 Å². The molecule has 0 atom stereocenters. The van der Waals surface area contributed by atoms with E-state index in [1.165, 1.54) is 31.0 Å². The zero-order chi connectivity index (χ0) is 21.3. The average molecular weight is 428 g/mol. The van der Waals surface area contributed by atoms with Crippen LogP contribution in [0, 0.1) is 16.0 Å². The van der Waals surface area contributed by atoms with Crippen LogP contribution in [0.25, 0.3) is 0 Å². The van der Waals surface area contributed by atoms with Crippen molar-refractivity contribution < 1.29 is 18.1 Å². The molecular weight excluding hydrogens is 398 g/mol. The number of nitrogens with one attached hydrogen (secondary N) is 2. The third kappa shape index (κ3) is 7.95. The van der Waals surface area contributed by atoms with Gasteiger partial charge in [-0.05, 0) is 31.7 Å². The SMILES string of the molecule is CCNC(=NCCNS(=O)(=O)c1cccc([N+](=O)[O-])c1)N(C)CCOCC1CC1. The lowest BCUT2D eigenvalue weighted by Crippen LogP contribution is -2.41. The molecule has 0 unspecified atom stereocenters. The lowest BCUT2D eigenvalue weighted by Gasteiger charge is -2.22. The van der Waals surface area contributed by atoms with E-state index < -0.39 is 14.9 Å². The van der Waals surface area contributed by atoms with Crippen LogP contribution in [-0.4, -0.2) is 70.6 Å². The lowest BCUT2D eigenvalue weighted by atomic mass is 10.3. The fourth-order valence-electron chi connectivity index (χ4n) is 2.50. The van der Waals surface area contributed by atoms with Gasteiger partial charge in [0.15, 0.2) is 5.96 Å². The van der Waals surface area contributed by atoms with Crippen molar-refractivity contribution in [2.24, 2.45) is 10.9 Å². The Morgan fingerprint density at radius 1 is 1.41 bits per heavy atom. The summed E-state index contributed by atoms with van der Waals surface area (Å²) in [7, 11) is -1.95. The minimum absolute atomic E-state index is 0.0753. The first-order valence-corrected chi connectivity index (χ1v) is 11.1. The average Bonchev–Trinajstić information content (AvgIpc) is 3.52. The standard InChI is InChI=1S/C18H29N5O5S/c1-3-19-18(22(2)11-12-28-14-15-7-8-15)20-9-10-21-29(26,27)17-6-4-5-16(13-17)23(24)25/h4-6,13,15,21H,3,7-12,14H2,1-2H3,(H,19,20). The summed E-state index contributed by atoms with van der Waals surface area (Å²) in [5, 5.41) is 14.0. The van der Waals surface area contributed by atoms with E-state index in [-0.39, 0.29) is 23.7 Å². The second kappa shape index (κ2) is 11.1. The van der Waals surface area contributed by atoms with Gasteiger partial charge in [0, 0.05) is 45.4 Å². The highest BCUT2D eigenvalue weighted by Gasteiger charge is 2.21. The summed E-state index contributed by atoms with van der Waals surface area (Å²) in [6, 6.07) is 4.94. The molecule has 1 aromatic carbocycles. The number of nitro benzene ring substituents is 1. The van der Waals surface area contributed by atoms with E-state index in [0.717, 1.165) is 18.6 Å². The number of likely N-dealkylation sites (N-methyl/N-ethyl adjacent to an activating group) is 1. The molecule has 2 N–H and O–H groups in total. The number of guanidine groups is 1. The fraction of sp³-hybridized carbons (Fsp3) is 0.611. The summed E-state index contributed by atoms with van der Waals surface area (Å²) in [5.41, 5.74) is -0.272. The Kier molecular flexibility index (Phi) is 8.80. The summed E-state index contributed by atoms with van der Waals surface area (Å²) >= 11 is 0. The summed E-state index contributed by atoms with van der Waals surface area (Å²) in [5.74, 6) is 1.39. The van der Waals surface area contributed by atoms with E-state index in [1.807, 2.05) is 18.9 Å². The van der Waals surface area contributed by atoms with Crippen molar-refractivity contribution in [3.05, 3.63) is 34.4 Å². The van der Waals surface area contributed by atoms with Crippen molar-refractivity contribution in [1.29, 1.82) is 0 Å². The number of non-ortho nitro benzene ring substituents is 1. The van der Waals surface area contributed by atoms with Crippen LogP contribution in [0.15, 0.2) is 34.2 Å². The zero-order valence-electron chi connectivity index (χ0n) is 16.8. The smallest absolute Gasteiger partial charge is 0.270 e. The molecule has 1 saturated carbocycles. The molecule has 0 aromatic heterocycles. The molecule has 1 aliphatic rings. The van der Waals surface area contributed by atoms with Gasteiger partial charge in [0.05, 0.1) is 23.0 Å². The molecule has 1 fully saturated rings. The second-order valence-electron chi connectivity index (χ2n) is 6.83. The largest absolute Gasteiger partial charge is 0.379 e. The van der Waals surface area contributed by atoms with E-state index >= 15 is 0 Å². The van der Waals surface area contributed by atoms with E-state index in [4.69, 9.17) is 4.74 Å². The van der Waals surface area contributed by atoms with Crippen LogP contribution in [0.2, 0.25) is 0 Å². The van der Waals surface area contributed by atoms with Gasteiger partial charge in [-0.25, -0.2) is 13.1 Å². The van der Waals surface area contributed by atoms with Crippen LogP contribution in [0.5, 0.6) is 0 Å². The number of hydrogen-bond donors (Lipinski definition) is 2. The molecule has 0 bridgehead atoms. The maximum absolute atomic E-state index is 12.3. The van der Waals surface area contributed by atoms with Crippen molar-refractivity contribution in [2.75, 3.05) is 46.4 Å². The van der Waals surface area contributed by atoms with Gasteiger partial charge in [0.2, 0.25) is 10.0 Å². The Hall–Kier alpha value is -2.24. The molecular formula is C18H29N5O5S. The minimum Gasteiger partial charge on any atom is -0.379 e. The molecule has 0 saturated heterocycles. The fourth-order valence-corrected chi connectivity index (χ4v) is 3.56. The van der Waals surface area contributed by atoms with Crippen LogP contribution < -0.4 is 10.0 Å². The van der Waals surface area contributed by atoms with E-state index in [1.54, 1.807) is 0 Å². The van der Waals surface area contributed by atoms with E-state index in [2.05, 4.69) is 15.0 Å². The molecule has 0 aliphatic heterocycles. The van der Waals surface area contributed by atoms with Crippen LogP contribution in [0.4, 0.5) is 5.69 Å². The first-order valence-electron chi connectivity index (χ1n) is 9.64. The predicted molar refractivity (Wildman–Crippen MR) is 110 cm³/mol. The van der Waals surface area contributed by atoms with Gasteiger partial charge in [-0.15, -0.1) is 0 Å². The maximum Gasteiger partial charge on any atom is 0.270 e. The van der Waals surface area contributed by atoms with Gasteiger partial charge >= 0.3 is 0 Å². The Morgan fingerprint density at radius 2 is 2.17 bits per heavy atom. The van der Waals surface area contributed by atoms with Crippen molar-refractivity contribution >= 4 is 21.7 Å². The number of rotatable bonds is 12. The van der Waals surface area contributed by atoms with Gasteiger partial charge < -0.3 is 15.0 Å². The van der Waals surface area contributed by atoms with Crippen molar-refractivity contribution in [2.45, 2.75) is 24.7 Å². The highest BCUT2D eigenvalue weighted by atomic mass is 32.2. The quantitative estimate of drug-likeness (QED) is 0.169. The topological polar surface area (TPSA) is 126 Å². The molecule has 162 valence electrons. The van der Waals surface area contributed by atoms with Crippen molar-refractivity contribution in [3.8, 4) is 0 Å². The highest BCUT2D eigenvalue weighted by Crippen LogP contribution is 2.28. The third-order valence-electron chi connectivity index (χ3n) is 4.32. The summed E-state index contributed by atoms with van der Waals surface area (Å²) in [4.78, 5) is 16.4. The molecule has 0 radical (unpaired) electrons. The van der Waals surface area contributed by atoms with Gasteiger partial charge in [0.1, 0.15) is 0 Å². The van der Waals surface area contributed by atoms with Gasteiger partial charge in [-0.2, -0.15) is 0 Å². The number of nitro groups is 1. The first kappa shape index (κ1) is 23.0. The van der Waals surface area contributed by atoms with Crippen LogP contribution >= 0.6 is 0 Å². The van der Waals surface area contributed by atoms with Gasteiger partial charge in [-0.3, -0.25) is 15.1 Å². The Bertz CT molecular complexity index is 811. The zero-order valence-corrected chi connectivity index (χ0v) is 17.7. The predicted octanol–water partition coefficient (Wildman–Crippen LogP) is 1.20. The van der Waals surface area contributed by atoms with Crippen molar-refractivity contribution in [3.63, 3.8) is 0 Å². The highest BCUT2D eigenvalue weighted by molar-refractivity contribution is 7.89. The first-order chi connectivity index (χ1) is 13.8. The van der Waals surface area contributed by atoms with Crippen LogP contribution in [-0.2, 0) is 14.8 Å². The molecule has 0 amide bonds. The molecule has 0 spiro atoms. The second-order valence-corrected chi connectivity index (χ2v) is 8.59. The Morgan fingerprint density at radius 3 is 2.83 bits per heavy atom.